The Morgan fingerprint density at radius 2 is 2.00 bits per heavy atom. The van der Waals surface area contributed by atoms with E-state index in [0.29, 0.717) is 6.42 Å². The van der Waals surface area contributed by atoms with E-state index in [2.05, 4.69) is 14.7 Å². The van der Waals surface area contributed by atoms with Crippen molar-refractivity contribution in [3.05, 3.63) is 42.2 Å². The maximum atomic E-state index is 12.0. The van der Waals surface area contributed by atoms with Crippen molar-refractivity contribution in [2.24, 2.45) is 0 Å². The molecule has 3 N–H and O–H groups in total. The Morgan fingerprint density at radius 1 is 1.29 bits per heavy atom. The second-order valence-electron chi connectivity index (χ2n) is 4.28. The third-order valence-corrected chi connectivity index (χ3v) is 4.21. The van der Waals surface area contributed by atoms with Crippen LogP contribution in [-0.4, -0.2) is 32.0 Å². The molecule has 0 aliphatic heterocycles. The van der Waals surface area contributed by atoms with Crippen LogP contribution in [0.4, 0.5) is 5.95 Å². The van der Waals surface area contributed by atoms with Gasteiger partial charge in [0.15, 0.2) is 0 Å². The van der Waals surface area contributed by atoms with E-state index >= 15 is 0 Å². The van der Waals surface area contributed by atoms with Crippen molar-refractivity contribution in [3.8, 4) is 5.75 Å². The first kappa shape index (κ1) is 15.2. The smallest absolute Gasteiger partial charge is 0.243 e. The number of sulfonamides is 1. The number of nitrogens with one attached hydrogen (secondary N) is 1. The van der Waals surface area contributed by atoms with E-state index in [1.54, 1.807) is 7.11 Å². The quantitative estimate of drug-likeness (QED) is 0.808. The van der Waals surface area contributed by atoms with Gasteiger partial charge in [-0.15, -0.1) is 0 Å². The summed E-state index contributed by atoms with van der Waals surface area (Å²) in [6.07, 6.45) is 2.90. The number of methoxy groups -OCH3 is 1. The molecule has 0 aliphatic carbocycles. The molecule has 2 aromatic rings. The van der Waals surface area contributed by atoms with Gasteiger partial charge in [-0.25, -0.2) is 23.1 Å². The largest absolute Gasteiger partial charge is 0.497 e. The fourth-order valence-electron chi connectivity index (χ4n) is 1.71. The fraction of sp³-hybridized carbons (Fsp3) is 0.231. The van der Waals surface area contributed by atoms with E-state index in [4.69, 9.17) is 10.5 Å². The predicted molar refractivity (Wildman–Crippen MR) is 78.3 cm³/mol. The zero-order valence-electron chi connectivity index (χ0n) is 11.5. The van der Waals surface area contributed by atoms with Crippen LogP contribution in [0.3, 0.4) is 0 Å². The standard InChI is InChI=1S/C13H16N4O3S/c1-20-11-4-2-3-10(7-11)5-6-17-21(18,19)12-8-15-13(14)16-9-12/h2-4,7-9,17H,5-6H2,1H3,(H2,14,15,16). The minimum absolute atomic E-state index is 0.0117. The highest BCUT2D eigenvalue weighted by Gasteiger charge is 2.14. The highest BCUT2D eigenvalue weighted by Crippen LogP contribution is 2.13. The first-order valence-corrected chi connectivity index (χ1v) is 7.70. The molecule has 0 fully saturated rings. The predicted octanol–water partition coefficient (Wildman–Crippen LogP) is 0.588. The Labute approximate surface area is 123 Å². The van der Waals surface area contributed by atoms with Crippen LogP contribution in [0, 0.1) is 0 Å². The molecule has 1 aromatic carbocycles. The van der Waals surface area contributed by atoms with Gasteiger partial charge in [-0.2, -0.15) is 0 Å². The average molecular weight is 308 g/mol. The summed E-state index contributed by atoms with van der Waals surface area (Å²) in [6.45, 7) is 0.264. The number of anilines is 1. The molecule has 2 rings (SSSR count). The van der Waals surface area contributed by atoms with Gasteiger partial charge in [0.1, 0.15) is 10.6 Å². The maximum absolute atomic E-state index is 12.0. The third-order valence-electron chi connectivity index (χ3n) is 2.80. The number of aromatic nitrogens is 2. The molecule has 0 aliphatic rings. The Kier molecular flexibility index (Phi) is 4.71. The molecule has 1 heterocycles. The van der Waals surface area contributed by atoms with E-state index in [1.807, 2.05) is 24.3 Å². The summed E-state index contributed by atoms with van der Waals surface area (Å²) in [5.41, 5.74) is 6.30. The van der Waals surface area contributed by atoms with Gasteiger partial charge in [0.2, 0.25) is 16.0 Å². The van der Waals surface area contributed by atoms with Crippen molar-refractivity contribution in [1.82, 2.24) is 14.7 Å². The van der Waals surface area contributed by atoms with Crippen LogP contribution in [-0.2, 0) is 16.4 Å². The summed E-state index contributed by atoms with van der Waals surface area (Å²) in [6, 6.07) is 7.46. The first-order valence-electron chi connectivity index (χ1n) is 6.21. The van der Waals surface area contributed by atoms with E-state index in [-0.39, 0.29) is 17.4 Å². The number of hydrogen-bond donors (Lipinski definition) is 2. The number of rotatable bonds is 6. The third kappa shape index (κ3) is 4.14. The Morgan fingerprint density at radius 3 is 2.67 bits per heavy atom. The molecule has 0 unspecified atom stereocenters. The van der Waals surface area contributed by atoms with Gasteiger partial charge in [-0.05, 0) is 24.1 Å². The molecule has 0 saturated carbocycles. The highest BCUT2D eigenvalue weighted by atomic mass is 32.2. The van der Waals surface area contributed by atoms with E-state index in [9.17, 15) is 8.42 Å². The van der Waals surface area contributed by atoms with Crippen LogP contribution in [0.15, 0.2) is 41.6 Å². The van der Waals surface area contributed by atoms with Gasteiger partial charge in [-0.1, -0.05) is 12.1 Å². The Hall–Kier alpha value is -2.19. The zero-order chi connectivity index (χ0) is 15.3. The van der Waals surface area contributed by atoms with Gasteiger partial charge in [0.25, 0.3) is 0 Å². The van der Waals surface area contributed by atoms with Crippen LogP contribution in [0.1, 0.15) is 5.56 Å². The number of ether oxygens (including phenoxy) is 1. The first-order chi connectivity index (χ1) is 10.0. The van der Waals surface area contributed by atoms with Crippen molar-refractivity contribution < 1.29 is 13.2 Å². The summed E-state index contributed by atoms with van der Waals surface area (Å²) in [7, 11) is -2.04. The molecule has 0 saturated heterocycles. The highest BCUT2D eigenvalue weighted by molar-refractivity contribution is 7.89. The van der Waals surface area contributed by atoms with E-state index in [1.165, 1.54) is 12.4 Å². The second kappa shape index (κ2) is 6.51. The van der Waals surface area contributed by atoms with Crippen molar-refractivity contribution in [2.45, 2.75) is 11.3 Å². The van der Waals surface area contributed by atoms with E-state index < -0.39 is 10.0 Å². The molecule has 1 aromatic heterocycles. The number of benzene rings is 1. The van der Waals surface area contributed by atoms with Crippen LogP contribution in [0.25, 0.3) is 0 Å². The molecule has 0 bridgehead atoms. The normalized spacial score (nSPS) is 11.3. The molecule has 0 radical (unpaired) electrons. The van der Waals surface area contributed by atoms with Crippen molar-refractivity contribution in [3.63, 3.8) is 0 Å². The topological polar surface area (TPSA) is 107 Å². The Bertz CT molecular complexity index is 702. The number of nitrogens with two attached hydrogens (primary N) is 1. The van der Waals surface area contributed by atoms with Crippen LogP contribution >= 0.6 is 0 Å². The lowest BCUT2D eigenvalue weighted by atomic mass is 10.1. The molecule has 112 valence electrons. The average Bonchev–Trinajstić information content (AvgIpc) is 2.48. The van der Waals surface area contributed by atoms with Gasteiger partial charge >= 0.3 is 0 Å². The monoisotopic (exact) mass is 308 g/mol. The summed E-state index contributed by atoms with van der Waals surface area (Å²) < 4.78 is 31.6. The molecule has 0 atom stereocenters. The fourth-order valence-corrected chi connectivity index (χ4v) is 2.63. The number of hydrogen-bond acceptors (Lipinski definition) is 6. The van der Waals surface area contributed by atoms with Crippen LogP contribution in [0.5, 0.6) is 5.75 Å². The van der Waals surface area contributed by atoms with Crippen LogP contribution in [0.2, 0.25) is 0 Å². The minimum Gasteiger partial charge on any atom is -0.497 e. The second-order valence-corrected chi connectivity index (χ2v) is 6.04. The molecule has 0 spiro atoms. The molecule has 0 amide bonds. The van der Waals surface area contributed by atoms with Gasteiger partial charge < -0.3 is 10.5 Å². The summed E-state index contributed by atoms with van der Waals surface area (Å²) >= 11 is 0. The van der Waals surface area contributed by atoms with Crippen LogP contribution < -0.4 is 15.2 Å². The molecular formula is C13H16N4O3S. The van der Waals surface area contributed by atoms with Crippen molar-refractivity contribution in [1.29, 1.82) is 0 Å². The molecular weight excluding hydrogens is 292 g/mol. The van der Waals surface area contributed by atoms with Crippen molar-refractivity contribution in [2.75, 3.05) is 19.4 Å². The molecule has 8 heteroatoms. The van der Waals surface area contributed by atoms with Gasteiger partial charge in [0.05, 0.1) is 19.5 Å². The lowest BCUT2D eigenvalue weighted by Gasteiger charge is -2.07. The lowest BCUT2D eigenvalue weighted by Crippen LogP contribution is -2.26. The number of nitrogens with zero attached hydrogens (tertiary/aromatic N) is 2. The summed E-state index contributed by atoms with van der Waals surface area (Å²) in [5, 5.41) is 0. The van der Waals surface area contributed by atoms with Gasteiger partial charge in [-0.3, -0.25) is 0 Å². The SMILES string of the molecule is COc1cccc(CCNS(=O)(=O)c2cnc(N)nc2)c1. The lowest BCUT2D eigenvalue weighted by molar-refractivity contribution is 0.414. The summed E-state index contributed by atoms with van der Waals surface area (Å²) in [4.78, 5) is 7.32. The Balaban J connectivity index is 1.97. The number of nitrogen functional groups attached to an aromatic ring is 1. The van der Waals surface area contributed by atoms with Crippen molar-refractivity contribution >= 4 is 16.0 Å². The molecule has 7 nitrogen and oxygen atoms in total. The zero-order valence-corrected chi connectivity index (χ0v) is 12.3. The van der Waals surface area contributed by atoms with E-state index in [0.717, 1.165) is 11.3 Å². The minimum atomic E-state index is -3.62. The summed E-state index contributed by atoms with van der Waals surface area (Å²) in [5.74, 6) is 0.771. The van der Waals surface area contributed by atoms with Gasteiger partial charge in [0, 0.05) is 6.54 Å². The molecule has 21 heavy (non-hydrogen) atoms. The maximum Gasteiger partial charge on any atom is 0.243 e.